The molecule has 4 nitrogen and oxygen atoms in total. The maximum atomic E-state index is 6.08. The first-order chi connectivity index (χ1) is 6.61. The van der Waals surface area contributed by atoms with Gasteiger partial charge in [0.15, 0.2) is 0 Å². The minimum Gasteiger partial charge on any atom is -0.323 e. The molecule has 1 aliphatic rings. The van der Waals surface area contributed by atoms with E-state index in [1.807, 2.05) is 17.9 Å². The highest BCUT2D eigenvalue weighted by Gasteiger charge is 2.37. The first kappa shape index (κ1) is 9.68. The van der Waals surface area contributed by atoms with E-state index in [9.17, 15) is 0 Å². The fourth-order valence-corrected chi connectivity index (χ4v) is 1.96. The highest BCUT2D eigenvalue weighted by Crippen LogP contribution is 2.22. The lowest BCUT2D eigenvalue weighted by Crippen LogP contribution is -2.66. The summed E-state index contributed by atoms with van der Waals surface area (Å²) in [6, 6.07) is 2.06. The summed E-state index contributed by atoms with van der Waals surface area (Å²) in [6.45, 7) is 5.08. The number of hydrogen-bond acceptors (Lipinski definition) is 3. The van der Waals surface area contributed by atoms with Gasteiger partial charge in [-0.15, -0.1) is 0 Å². The van der Waals surface area contributed by atoms with Crippen LogP contribution in [0, 0.1) is 0 Å². The van der Waals surface area contributed by atoms with Gasteiger partial charge in [0, 0.05) is 38.4 Å². The Morgan fingerprint density at radius 2 is 2.29 bits per heavy atom. The molecule has 0 unspecified atom stereocenters. The molecule has 0 amide bonds. The summed E-state index contributed by atoms with van der Waals surface area (Å²) in [7, 11) is 1.94. The van der Waals surface area contributed by atoms with Crippen LogP contribution in [0.3, 0.4) is 0 Å². The van der Waals surface area contributed by atoms with Gasteiger partial charge in [-0.25, -0.2) is 0 Å². The molecule has 14 heavy (non-hydrogen) atoms. The van der Waals surface area contributed by atoms with E-state index in [0.29, 0.717) is 0 Å². The maximum Gasteiger partial charge on any atom is 0.0764 e. The zero-order valence-electron chi connectivity index (χ0n) is 8.90. The van der Waals surface area contributed by atoms with Crippen LogP contribution in [0.2, 0.25) is 0 Å². The molecule has 0 saturated carbocycles. The van der Waals surface area contributed by atoms with Crippen LogP contribution in [0.4, 0.5) is 0 Å². The highest BCUT2D eigenvalue weighted by molar-refractivity contribution is 5.04. The second kappa shape index (κ2) is 3.37. The molecule has 2 heterocycles. The minimum atomic E-state index is 0.0643. The first-order valence-electron chi connectivity index (χ1n) is 5.11. The van der Waals surface area contributed by atoms with E-state index >= 15 is 0 Å². The predicted octanol–water partition coefficient (Wildman–Crippen LogP) is 0.343. The van der Waals surface area contributed by atoms with Gasteiger partial charge in [-0.1, -0.05) is 6.92 Å². The van der Waals surface area contributed by atoms with Crippen LogP contribution in [0.1, 0.15) is 19.0 Å². The quantitative estimate of drug-likeness (QED) is 0.755. The van der Waals surface area contributed by atoms with Gasteiger partial charge in [-0.05, 0) is 12.5 Å². The van der Waals surface area contributed by atoms with E-state index < -0.39 is 0 Å². The van der Waals surface area contributed by atoms with Gasteiger partial charge in [0.25, 0.3) is 0 Å². The monoisotopic (exact) mass is 194 g/mol. The van der Waals surface area contributed by atoms with Crippen LogP contribution in [0.15, 0.2) is 12.3 Å². The van der Waals surface area contributed by atoms with Crippen LogP contribution in [0.5, 0.6) is 0 Å². The van der Waals surface area contributed by atoms with Gasteiger partial charge in [0.2, 0.25) is 0 Å². The second-order valence-electron chi connectivity index (χ2n) is 4.34. The summed E-state index contributed by atoms with van der Waals surface area (Å²) < 4.78 is 1.84. The van der Waals surface area contributed by atoms with Crippen LogP contribution >= 0.6 is 0 Å². The first-order valence-corrected chi connectivity index (χ1v) is 5.11. The Kier molecular flexibility index (Phi) is 2.33. The fourth-order valence-electron chi connectivity index (χ4n) is 1.96. The normalized spacial score (nSPS) is 20.8. The van der Waals surface area contributed by atoms with Gasteiger partial charge >= 0.3 is 0 Å². The standard InChI is InChI=1S/C10H18N4/c1-3-10(11)7-14(8-10)6-9-4-5-13(2)12-9/h4-5H,3,6-8,11H2,1-2H3. The molecule has 1 fully saturated rings. The zero-order chi connectivity index (χ0) is 10.2. The molecule has 2 N–H and O–H groups in total. The van der Waals surface area contributed by atoms with Gasteiger partial charge in [-0.3, -0.25) is 9.58 Å². The lowest BCUT2D eigenvalue weighted by molar-refractivity contribution is 0.0594. The number of aromatic nitrogens is 2. The van der Waals surface area contributed by atoms with E-state index in [-0.39, 0.29) is 5.54 Å². The summed E-state index contributed by atoms with van der Waals surface area (Å²) in [5.41, 5.74) is 7.28. The molecular weight excluding hydrogens is 176 g/mol. The van der Waals surface area contributed by atoms with Gasteiger partial charge in [-0.2, -0.15) is 5.10 Å². The minimum absolute atomic E-state index is 0.0643. The zero-order valence-corrected chi connectivity index (χ0v) is 8.90. The number of aryl methyl sites for hydroxylation is 1. The summed E-state index contributed by atoms with van der Waals surface area (Å²) >= 11 is 0. The second-order valence-corrected chi connectivity index (χ2v) is 4.34. The van der Waals surface area contributed by atoms with E-state index in [2.05, 4.69) is 23.0 Å². The predicted molar refractivity (Wildman–Crippen MR) is 55.7 cm³/mol. The highest BCUT2D eigenvalue weighted by atomic mass is 15.3. The summed E-state index contributed by atoms with van der Waals surface area (Å²) in [6.07, 6.45) is 3.04. The molecule has 0 radical (unpaired) electrons. The van der Waals surface area contributed by atoms with Crippen molar-refractivity contribution in [3.05, 3.63) is 18.0 Å². The molecule has 2 rings (SSSR count). The Labute approximate surface area is 84.7 Å². The molecule has 0 spiro atoms. The number of nitrogens with zero attached hydrogens (tertiary/aromatic N) is 3. The molecule has 0 aliphatic carbocycles. The average molecular weight is 194 g/mol. The van der Waals surface area contributed by atoms with Crippen molar-refractivity contribution < 1.29 is 0 Å². The van der Waals surface area contributed by atoms with E-state index in [1.165, 1.54) is 0 Å². The largest absolute Gasteiger partial charge is 0.323 e. The SMILES string of the molecule is CCC1(N)CN(Cc2ccn(C)n2)C1. The van der Waals surface area contributed by atoms with Crippen LogP contribution in [-0.2, 0) is 13.6 Å². The van der Waals surface area contributed by atoms with E-state index in [4.69, 9.17) is 5.73 Å². The van der Waals surface area contributed by atoms with Crippen molar-refractivity contribution in [3.63, 3.8) is 0 Å². The van der Waals surface area contributed by atoms with Crippen molar-refractivity contribution in [2.24, 2.45) is 12.8 Å². The molecule has 0 atom stereocenters. The third kappa shape index (κ3) is 1.81. The van der Waals surface area contributed by atoms with Crippen LogP contribution < -0.4 is 5.73 Å². The average Bonchev–Trinajstić information content (AvgIpc) is 2.48. The molecule has 0 bridgehead atoms. The third-order valence-electron chi connectivity index (χ3n) is 2.94. The Morgan fingerprint density at radius 1 is 1.57 bits per heavy atom. The number of likely N-dealkylation sites (tertiary alicyclic amines) is 1. The topological polar surface area (TPSA) is 47.1 Å². The Morgan fingerprint density at radius 3 is 2.79 bits per heavy atom. The van der Waals surface area contributed by atoms with Crippen molar-refractivity contribution in [3.8, 4) is 0 Å². The number of hydrogen-bond donors (Lipinski definition) is 1. The number of rotatable bonds is 3. The van der Waals surface area contributed by atoms with Gasteiger partial charge < -0.3 is 5.73 Å². The van der Waals surface area contributed by atoms with E-state index in [1.54, 1.807) is 0 Å². The lowest BCUT2D eigenvalue weighted by atomic mass is 9.88. The summed E-state index contributed by atoms with van der Waals surface area (Å²) in [5.74, 6) is 0. The van der Waals surface area contributed by atoms with Crippen molar-refractivity contribution in [2.75, 3.05) is 13.1 Å². The Bertz CT molecular complexity index is 312. The molecule has 0 aromatic carbocycles. The maximum absolute atomic E-state index is 6.08. The molecule has 1 saturated heterocycles. The molecule has 1 aromatic rings. The van der Waals surface area contributed by atoms with Crippen LogP contribution in [-0.4, -0.2) is 33.3 Å². The summed E-state index contributed by atoms with van der Waals surface area (Å²) in [5, 5.41) is 4.34. The number of nitrogens with two attached hydrogens (primary N) is 1. The van der Waals surface area contributed by atoms with E-state index in [0.717, 1.165) is 31.7 Å². The summed E-state index contributed by atoms with van der Waals surface area (Å²) in [4.78, 5) is 2.34. The van der Waals surface area contributed by atoms with Gasteiger partial charge in [0.1, 0.15) is 0 Å². The third-order valence-corrected chi connectivity index (χ3v) is 2.94. The molecule has 4 heteroatoms. The van der Waals surface area contributed by atoms with Crippen molar-refractivity contribution in [1.82, 2.24) is 14.7 Å². The lowest BCUT2D eigenvalue weighted by Gasteiger charge is -2.47. The Hall–Kier alpha value is -0.870. The molecule has 1 aromatic heterocycles. The van der Waals surface area contributed by atoms with Crippen molar-refractivity contribution in [2.45, 2.75) is 25.4 Å². The molecule has 78 valence electrons. The van der Waals surface area contributed by atoms with Crippen molar-refractivity contribution in [1.29, 1.82) is 0 Å². The van der Waals surface area contributed by atoms with Crippen LogP contribution in [0.25, 0.3) is 0 Å². The van der Waals surface area contributed by atoms with Gasteiger partial charge in [0.05, 0.1) is 5.69 Å². The smallest absolute Gasteiger partial charge is 0.0764 e. The van der Waals surface area contributed by atoms with Crippen molar-refractivity contribution >= 4 is 0 Å². The molecular formula is C10H18N4. The Balaban J connectivity index is 1.85. The molecule has 1 aliphatic heterocycles. The fraction of sp³-hybridized carbons (Fsp3) is 0.700.